The van der Waals surface area contributed by atoms with Gasteiger partial charge < -0.3 is 15.2 Å². The summed E-state index contributed by atoms with van der Waals surface area (Å²) in [6.45, 7) is 6.13. The molecule has 1 saturated carbocycles. The second-order valence-electron chi connectivity index (χ2n) is 8.45. The largest absolute Gasteiger partial charge is 0.352 e. The summed E-state index contributed by atoms with van der Waals surface area (Å²) in [5.74, 6) is -0.0172. The van der Waals surface area contributed by atoms with Gasteiger partial charge in [0.15, 0.2) is 0 Å². The second-order valence-corrected chi connectivity index (χ2v) is 8.45. The van der Waals surface area contributed by atoms with Crippen molar-refractivity contribution in [1.29, 1.82) is 0 Å². The number of carbonyl (C=O) groups excluding carboxylic acids is 2. The van der Waals surface area contributed by atoms with Crippen LogP contribution >= 0.6 is 0 Å². The fraction of sp³-hybridized carbons (Fsp3) is 0.458. The zero-order chi connectivity index (χ0) is 21.7. The molecule has 2 amide bonds. The first-order chi connectivity index (χ1) is 14.3. The molecule has 1 heterocycles. The Kier molecular flexibility index (Phi) is 7.08. The molecule has 0 aliphatic heterocycles. The molecule has 0 bridgehead atoms. The molecule has 160 valence electrons. The maximum absolute atomic E-state index is 12.7. The van der Waals surface area contributed by atoms with E-state index in [1.54, 1.807) is 0 Å². The molecule has 1 aromatic heterocycles. The van der Waals surface area contributed by atoms with Gasteiger partial charge in [-0.05, 0) is 42.9 Å². The molecular weight excluding hydrogens is 378 g/mol. The maximum Gasteiger partial charge on any atom is 0.253 e. The lowest BCUT2D eigenvalue weighted by Crippen LogP contribution is -2.37. The van der Waals surface area contributed by atoms with E-state index in [0.29, 0.717) is 11.5 Å². The molecule has 3 rings (SSSR count). The van der Waals surface area contributed by atoms with Gasteiger partial charge in [-0.15, -0.1) is 0 Å². The van der Waals surface area contributed by atoms with Crippen molar-refractivity contribution in [3.63, 3.8) is 0 Å². The van der Waals surface area contributed by atoms with Gasteiger partial charge in [-0.1, -0.05) is 51.0 Å². The van der Waals surface area contributed by atoms with Gasteiger partial charge in [-0.2, -0.15) is 0 Å². The van der Waals surface area contributed by atoms with Crippen LogP contribution < -0.4 is 16.2 Å². The van der Waals surface area contributed by atoms with Gasteiger partial charge in [0.1, 0.15) is 6.54 Å². The van der Waals surface area contributed by atoms with Crippen molar-refractivity contribution in [2.45, 2.75) is 71.0 Å². The fourth-order valence-electron chi connectivity index (χ4n) is 3.82. The van der Waals surface area contributed by atoms with Crippen molar-refractivity contribution in [3.8, 4) is 0 Å². The van der Waals surface area contributed by atoms with Crippen LogP contribution in [0.15, 0.2) is 47.4 Å². The standard InChI is InChI=1S/C24H31N3O3/c1-16(2)18-8-10-19(11-9-18)17(3)25-24(30)20-12-13-23(29)27(14-20)15-22(28)26-21-6-4-5-7-21/h8-14,16-17,21H,4-7,15H2,1-3H3,(H,25,30)(H,26,28)/t17-/m1/s1. The molecule has 0 radical (unpaired) electrons. The van der Waals surface area contributed by atoms with Crippen LogP contribution in [0.25, 0.3) is 0 Å². The number of nitrogens with zero attached hydrogens (tertiary/aromatic N) is 1. The minimum atomic E-state index is -0.301. The minimum absolute atomic E-state index is 0.0807. The van der Waals surface area contributed by atoms with Crippen molar-refractivity contribution >= 4 is 11.8 Å². The monoisotopic (exact) mass is 409 g/mol. The lowest BCUT2D eigenvalue weighted by molar-refractivity contribution is -0.122. The van der Waals surface area contributed by atoms with Gasteiger partial charge in [0.25, 0.3) is 11.5 Å². The van der Waals surface area contributed by atoms with Crippen molar-refractivity contribution < 1.29 is 9.59 Å². The first-order valence-corrected chi connectivity index (χ1v) is 10.7. The Hall–Kier alpha value is -2.89. The number of pyridine rings is 1. The van der Waals surface area contributed by atoms with E-state index < -0.39 is 0 Å². The van der Waals surface area contributed by atoms with E-state index in [4.69, 9.17) is 0 Å². The summed E-state index contributed by atoms with van der Waals surface area (Å²) < 4.78 is 1.29. The van der Waals surface area contributed by atoms with Crippen LogP contribution in [-0.4, -0.2) is 22.4 Å². The first-order valence-electron chi connectivity index (χ1n) is 10.7. The van der Waals surface area contributed by atoms with Crippen LogP contribution in [0.1, 0.15) is 79.9 Å². The van der Waals surface area contributed by atoms with E-state index in [-0.39, 0.29) is 36.0 Å². The Morgan fingerprint density at radius 1 is 1.00 bits per heavy atom. The van der Waals surface area contributed by atoms with Crippen LogP contribution in [-0.2, 0) is 11.3 Å². The summed E-state index contributed by atoms with van der Waals surface area (Å²) in [7, 11) is 0. The number of amides is 2. The molecule has 6 heteroatoms. The summed E-state index contributed by atoms with van der Waals surface area (Å²) in [5.41, 5.74) is 2.32. The fourth-order valence-corrected chi connectivity index (χ4v) is 3.82. The summed E-state index contributed by atoms with van der Waals surface area (Å²) in [5, 5.41) is 5.94. The Morgan fingerprint density at radius 2 is 1.63 bits per heavy atom. The molecule has 2 aromatic rings. The van der Waals surface area contributed by atoms with E-state index in [0.717, 1.165) is 31.2 Å². The van der Waals surface area contributed by atoms with Crippen molar-refractivity contribution in [2.24, 2.45) is 0 Å². The van der Waals surface area contributed by atoms with Gasteiger partial charge in [0, 0.05) is 18.3 Å². The predicted octanol–water partition coefficient (Wildman–Crippen LogP) is 3.52. The topological polar surface area (TPSA) is 80.2 Å². The van der Waals surface area contributed by atoms with Gasteiger partial charge in [-0.25, -0.2) is 0 Å². The molecule has 0 unspecified atom stereocenters. The minimum Gasteiger partial charge on any atom is -0.352 e. The Balaban J connectivity index is 1.64. The second kappa shape index (κ2) is 9.74. The molecule has 1 aliphatic carbocycles. The molecule has 0 spiro atoms. The van der Waals surface area contributed by atoms with Gasteiger partial charge in [0.2, 0.25) is 5.91 Å². The third-order valence-electron chi connectivity index (χ3n) is 5.73. The lowest BCUT2D eigenvalue weighted by Gasteiger charge is -2.16. The SMILES string of the molecule is CC(C)c1ccc([C@@H](C)NC(=O)c2ccc(=O)n(CC(=O)NC3CCCC3)c2)cc1. The number of aromatic nitrogens is 1. The lowest BCUT2D eigenvalue weighted by atomic mass is 9.99. The van der Waals surface area contributed by atoms with Crippen LogP contribution in [0.5, 0.6) is 0 Å². The molecule has 6 nitrogen and oxygen atoms in total. The Morgan fingerprint density at radius 3 is 2.27 bits per heavy atom. The van der Waals surface area contributed by atoms with Gasteiger partial charge in [-0.3, -0.25) is 14.4 Å². The number of hydrogen-bond acceptors (Lipinski definition) is 3. The van der Waals surface area contributed by atoms with E-state index in [1.165, 1.54) is 28.5 Å². The van der Waals surface area contributed by atoms with Crippen LogP contribution in [0.2, 0.25) is 0 Å². The average molecular weight is 410 g/mol. The summed E-state index contributed by atoms with van der Waals surface area (Å²) >= 11 is 0. The quantitative estimate of drug-likeness (QED) is 0.734. The molecule has 1 fully saturated rings. The van der Waals surface area contributed by atoms with Crippen LogP contribution in [0.3, 0.4) is 0 Å². The van der Waals surface area contributed by atoms with Crippen molar-refractivity contribution in [3.05, 3.63) is 69.6 Å². The highest BCUT2D eigenvalue weighted by Gasteiger charge is 2.18. The number of benzene rings is 1. The zero-order valence-corrected chi connectivity index (χ0v) is 18.0. The summed E-state index contributed by atoms with van der Waals surface area (Å²) in [4.78, 5) is 37.1. The van der Waals surface area contributed by atoms with Crippen LogP contribution in [0.4, 0.5) is 0 Å². The van der Waals surface area contributed by atoms with E-state index in [2.05, 4.69) is 36.6 Å². The third kappa shape index (κ3) is 5.59. The molecular formula is C24H31N3O3. The predicted molar refractivity (Wildman–Crippen MR) is 118 cm³/mol. The first kappa shape index (κ1) is 21.8. The Labute approximate surface area is 177 Å². The Bertz CT molecular complexity index is 941. The van der Waals surface area contributed by atoms with E-state index in [9.17, 15) is 14.4 Å². The van der Waals surface area contributed by atoms with Crippen molar-refractivity contribution in [1.82, 2.24) is 15.2 Å². The van der Waals surface area contributed by atoms with E-state index in [1.807, 2.05) is 19.1 Å². The third-order valence-corrected chi connectivity index (χ3v) is 5.73. The highest BCUT2D eigenvalue weighted by atomic mass is 16.2. The average Bonchev–Trinajstić information content (AvgIpc) is 3.22. The molecule has 1 aromatic carbocycles. The normalized spacial score (nSPS) is 15.2. The highest BCUT2D eigenvalue weighted by molar-refractivity contribution is 5.94. The molecule has 0 saturated heterocycles. The number of nitrogens with one attached hydrogen (secondary N) is 2. The van der Waals surface area contributed by atoms with Crippen LogP contribution in [0, 0.1) is 0 Å². The summed E-state index contributed by atoms with van der Waals surface area (Å²) in [6.07, 6.45) is 5.68. The smallest absolute Gasteiger partial charge is 0.253 e. The summed E-state index contributed by atoms with van der Waals surface area (Å²) in [6, 6.07) is 11.0. The molecule has 1 atom stereocenters. The number of rotatable bonds is 7. The maximum atomic E-state index is 12.7. The molecule has 2 N–H and O–H groups in total. The molecule has 30 heavy (non-hydrogen) atoms. The van der Waals surface area contributed by atoms with Crippen molar-refractivity contribution in [2.75, 3.05) is 0 Å². The molecule has 1 aliphatic rings. The van der Waals surface area contributed by atoms with Gasteiger partial charge >= 0.3 is 0 Å². The number of carbonyl (C=O) groups is 2. The van der Waals surface area contributed by atoms with Gasteiger partial charge in [0.05, 0.1) is 11.6 Å². The zero-order valence-electron chi connectivity index (χ0n) is 18.0. The number of hydrogen-bond donors (Lipinski definition) is 2. The van der Waals surface area contributed by atoms with E-state index >= 15 is 0 Å². The highest BCUT2D eigenvalue weighted by Crippen LogP contribution is 2.19.